The molecule has 3 heteroatoms. The highest BCUT2D eigenvalue weighted by molar-refractivity contribution is 5.71. The van der Waals surface area contributed by atoms with E-state index in [1.165, 1.54) is 22.4 Å². The predicted octanol–water partition coefficient (Wildman–Crippen LogP) is 5.10. The normalized spacial score (nSPS) is 29.9. The van der Waals surface area contributed by atoms with Crippen molar-refractivity contribution in [2.24, 2.45) is 5.41 Å². The van der Waals surface area contributed by atoms with Crippen molar-refractivity contribution in [1.29, 1.82) is 0 Å². The quantitative estimate of drug-likeness (QED) is 0.678. The molecule has 2 aromatic rings. The Morgan fingerprint density at radius 3 is 2.52 bits per heavy atom. The van der Waals surface area contributed by atoms with Gasteiger partial charge in [-0.25, -0.2) is 0 Å². The highest BCUT2D eigenvalue weighted by Crippen LogP contribution is 2.67. The van der Waals surface area contributed by atoms with Crippen LogP contribution in [0.4, 0.5) is 5.69 Å². The third-order valence-corrected chi connectivity index (χ3v) is 7.29. The maximum Gasteiger partial charge on any atom is 0.167 e. The number of benzene rings is 1. The van der Waals surface area contributed by atoms with Crippen molar-refractivity contribution < 1.29 is 4.52 Å². The van der Waals surface area contributed by atoms with Crippen molar-refractivity contribution in [1.82, 2.24) is 5.16 Å². The molecule has 0 saturated heterocycles. The summed E-state index contributed by atoms with van der Waals surface area (Å²) in [6.45, 7) is 16.3. The highest BCUT2D eigenvalue weighted by Gasteiger charge is 2.65. The van der Waals surface area contributed by atoms with Crippen LogP contribution in [-0.2, 0) is 11.0 Å². The number of rotatable bonds is 0. The van der Waals surface area contributed by atoms with E-state index in [2.05, 4.69) is 76.7 Å². The minimum absolute atomic E-state index is 0.0141. The number of aryl methyl sites for hydroxylation is 1. The Hall–Kier alpha value is -1.77. The fraction of sp³-hybridized carbons (Fsp3) is 0.550. The smallest absolute Gasteiger partial charge is 0.167 e. The van der Waals surface area contributed by atoms with Crippen molar-refractivity contribution in [3.8, 4) is 0 Å². The van der Waals surface area contributed by atoms with Gasteiger partial charge in [0.2, 0.25) is 0 Å². The van der Waals surface area contributed by atoms with Gasteiger partial charge >= 0.3 is 0 Å². The summed E-state index contributed by atoms with van der Waals surface area (Å²) in [6.07, 6.45) is 1.91. The number of hydrogen-bond acceptors (Lipinski definition) is 3. The van der Waals surface area contributed by atoms with Gasteiger partial charge in [-0.15, -0.1) is 0 Å². The molecular weight excluding hydrogens is 284 g/mol. The van der Waals surface area contributed by atoms with E-state index >= 15 is 0 Å². The molecule has 2 atom stereocenters. The van der Waals surface area contributed by atoms with Crippen LogP contribution in [0.5, 0.6) is 0 Å². The highest BCUT2D eigenvalue weighted by atomic mass is 16.5. The van der Waals surface area contributed by atoms with Crippen molar-refractivity contribution in [3.05, 3.63) is 46.8 Å². The molecule has 0 bridgehead atoms. The third kappa shape index (κ3) is 1.36. The second-order valence-electron chi connectivity index (χ2n) is 8.45. The van der Waals surface area contributed by atoms with Gasteiger partial charge in [-0.3, -0.25) is 0 Å². The largest absolute Gasteiger partial charge is 0.358 e. The van der Waals surface area contributed by atoms with Crippen LogP contribution in [-0.4, -0.2) is 5.16 Å². The minimum atomic E-state index is -0.207. The summed E-state index contributed by atoms with van der Waals surface area (Å²) in [7, 11) is 0. The minimum Gasteiger partial charge on any atom is -0.358 e. The molecule has 0 radical (unpaired) electrons. The van der Waals surface area contributed by atoms with Gasteiger partial charge in [0.1, 0.15) is 5.54 Å². The fourth-order valence-corrected chi connectivity index (χ4v) is 4.98. The molecule has 1 unspecified atom stereocenters. The van der Waals surface area contributed by atoms with E-state index in [0.717, 1.165) is 5.76 Å². The molecule has 0 amide bonds. The van der Waals surface area contributed by atoms with Gasteiger partial charge < -0.3 is 9.42 Å². The van der Waals surface area contributed by atoms with Gasteiger partial charge in [0.05, 0.1) is 12.2 Å². The lowest BCUT2D eigenvalue weighted by Crippen LogP contribution is -2.62. The van der Waals surface area contributed by atoms with Crippen LogP contribution in [0.1, 0.15) is 70.0 Å². The Balaban J connectivity index is 2.15. The summed E-state index contributed by atoms with van der Waals surface area (Å²) >= 11 is 0. The molecule has 3 nitrogen and oxygen atoms in total. The molecule has 0 fully saturated rings. The maximum absolute atomic E-state index is 5.81. The summed E-state index contributed by atoms with van der Waals surface area (Å²) < 4.78 is 5.81. The molecule has 0 spiro atoms. The number of anilines is 1. The summed E-state index contributed by atoms with van der Waals surface area (Å²) in [4.78, 5) is 2.58. The molecule has 3 heterocycles. The fourth-order valence-electron chi connectivity index (χ4n) is 4.98. The summed E-state index contributed by atoms with van der Waals surface area (Å²) in [5, 5.41) is 4.12. The van der Waals surface area contributed by atoms with E-state index in [1.807, 2.05) is 6.20 Å². The molecule has 2 aliphatic heterocycles. The van der Waals surface area contributed by atoms with E-state index in [-0.39, 0.29) is 22.4 Å². The number of para-hydroxylation sites is 1. The lowest BCUT2D eigenvalue weighted by molar-refractivity contribution is 0.0464. The average Bonchev–Trinajstić information content (AvgIpc) is 3.03. The van der Waals surface area contributed by atoms with Crippen molar-refractivity contribution >= 4 is 5.69 Å². The van der Waals surface area contributed by atoms with Crippen LogP contribution in [0, 0.1) is 12.3 Å². The maximum atomic E-state index is 5.81. The second-order valence-corrected chi connectivity index (χ2v) is 8.45. The lowest BCUT2D eigenvalue weighted by atomic mass is 9.52. The molecule has 2 aliphatic rings. The summed E-state index contributed by atoms with van der Waals surface area (Å²) in [5.74, 6) is 1.04. The van der Waals surface area contributed by atoms with Crippen molar-refractivity contribution in [2.45, 2.75) is 65.5 Å². The number of aromatic nitrogens is 1. The SMILES string of the molecule is Cc1cccc2c1N1[C@@H](C)c3cnoc3C1(C)C(C)(C)C2(C)C. The Labute approximate surface area is 138 Å². The molecule has 23 heavy (non-hydrogen) atoms. The molecule has 4 rings (SSSR count). The van der Waals surface area contributed by atoms with Crippen LogP contribution >= 0.6 is 0 Å². The van der Waals surface area contributed by atoms with E-state index in [9.17, 15) is 0 Å². The molecular formula is C20H26N2O. The van der Waals surface area contributed by atoms with Crippen LogP contribution in [0.15, 0.2) is 28.9 Å². The molecule has 0 N–H and O–H groups in total. The van der Waals surface area contributed by atoms with Gasteiger partial charge in [0, 0.05) is 16.7 Å². The Morgan fingerprint density at radius 1 is 1.13 bits per heavy atom. The number of nitrogens with zero attached hydrogens (tertiary/aromatic N) is 2. The van der Waals surface area contributed by atoms with Gasteiger partial charge in [-0.2, -0.15) is 0 Å². The standard InChI is InChI=1S/C20H26N2O/c1-12-9-8-10-15-16(12)22-13(2)14-11-21-23-17(14)20(22,7)19(5,6)18(15,3)4/h8-11,13H,1-7H3/t13-,20?/m0/s1. The lowest BCUT2D eigenvalue weighted by Gasteiger charge is -2.61. The Kier molecular flexibility index (Phi) is 2.58. The van der Waals surface area contributed by atoms with Crippen molar-refractivity contribution in [3.63, 3.8) is 0 Å². The Bertz CT molecular complexity index is 802. The topological polar surface area (TPSA) is 29.3 Å². The number of fused-ring (bicyclic) bond motifs is 5. The van der Waals surface area contributed by atoms with E-state index in [1.54, 1.807) is 0 Å². The zero-order chi connectivity index (χ0) is 16.8. The van der Waals surface area contributed by atoms with Crippen LogP contribution in [0.25, 0.3) is 0 Å². The van der Waals surface area contributed by atoms with Crippen molar-refractivity contribution in [2.75, 3.05) is 4.90 Å². The van der Waals surface area contributed by atoms with E-state index < -0.39 is 0 Å². The first kappa shape index (κ1) is 14.8. The summed E-state index contributed by atoms with van der Waals surface area (Å²) in [6, 6.07) is 6.98. The third-order valence-electron chi connectivity index (χ3n) is 7.29. The van der Waals surface area contributed by atoms with Gasteiger partial charge in [-0.1, -0.05) is 51.1 Å². The zero-order valence-electron chi connectivity index (χ0n) is 15.2. The first-order chi connectivity index (χ1) is 10.7. The van der Waals surface area contributed by atoms with Crippen LogP contribution in [0.3, 0.4) is 0 Å². The first-order valence-electron chi connectivity index (χ1n) is 8.50. The van der Waals surface area contributed by atoms with Gasteiger partial charge in [-0.05, 0) is 37.3 Å². The van der Waals surface area contributed by atoms with E-state index in [4.69, 9.17) is 4.52 Å². The average molecular weight is 310 g/mol. The van der Waals surface area contributed by atoms with Crippen LogP contribution in [0.2, 0.25) is 0 Å². The van der Waals surface area contributed by atoms with Crippen LogP contribution < -0.4 is 4.90 Å². The second kappa shape index (κ2) is 4.00. The first-order valence-corrected chi connectivity index (χ1v) is 8.50. The van der Waals surface area contributed by atoms with Gasteiger partial charge in [0.25, 0.3) is 0 Å². The molecule has 122 valence electrons. The zero-order valence-corrected chi connectivity index (χ0v) is 15.2. The molecule has 0 aliphatic carbocycles. The predicted molar refractivity (Wildman–Crippen MR) is 92.7 cm³/mol. The monoisotopic (exact) mass is 310 g/mol. The number of hydrogen-bond donors (Lipinski definition) is 0. The summed E-state index contributed by atoms with van der Waals surface area (Å²) in [5.41, 5.74) is 5.17. The molecule has 1 aromatic carbocycles. The van der Waals surface area contributed by atoms with Gasteiger partial charge in [0.15, 0.2) is 5.76 Å². The Morgan fingerprint density at radius 2 is 1.83 bits per heavy atom. The van der Waals surface area contributed by atoms with E-state index in [0.29, 0.717) is 0 Å². The molecule has 1 aromatic heterocycles. The molecule has 0 saturated carbocycles.